The normalized spacial score (nSPS) is 19.4. The van der Waals surface area contributed by atoms with Gasteiger partial charge in [-0.05, 0) is 70.5 Å². The molecule has 11 nitrogen and oxygen atoms in total. The molecule has 0 spiro atoms. The molecular formula is C28H38N8O3. The maximum atomic E-state index is 13.2. The van der Waals surface area contributed by atoms with E-state index in [4.69, 9.17) is 14.5 Å². The third-order valence-corrected chi connectivity index (χ3v) is 8.05. The molecule has 1 atom stereocenters. The van der Waals surface area contributed by atoms with Crippen LogP contribution in [0.5, 0.6) is 11.8 Å². The van der Waals surface area contributed by atoms with Crippen LogP contribution >= 0.6 is 0 Å². The minimum Gasteiger partial charge on any atom is -0.496 e. The molecule has 5 heterocycles. The van der Waals surface area contributed by atoms with Crippen LogP contribution in [0.15, 0.2) is 18.3 Å². The highest BCUT2D eigenvalue weighted by Crippen LogP contribution is 2.36. The average Bonchev–Trinajstić information content (AvgIpc) is 3.46. The van der Waals surface area contributed by atoms with Gasteiger partial charge in [-0.1, -0.05) is 0 Å². The van der Waals surface area contributed by atoms with Gasteiger partial charge in [-0.25, -0.2) is 4.98 Å². The Morgan fingerprint density at radius 3 is 2.69 bits per heavy atom. The van der Waals surface area contributed by atoms with Gasteiger partial charge >= 0.3 is 6.01 Å². The number of H-pyrrole nitrogens is 1. The molecule has 0 bridgehead atoms. The lowest BCUT2D eigenvalue weighted by Gasteiger charge is -2.32. The molecule has 3 aromatic heterocycles. The van der Waals surface area contributed by atoms with Gasteiger partial charge in [0.2, 0.25) is 0 Å². The molecular weight excluding hydrogens is 496 g/mol. The number of likely N-dealkylation sites (tertiary alicyclic amines) is 1. The zero-order valence-corrected chi connectivity index (χ0v) is 22.9. The van der Waals surface area contributed by atoms with E-state index < -0.39 is 0 Å². The highest BCUT2D eigenvalue weighted by atomic mass is 16.5. The summed E-state index contributed by atoms with van der Waals surface area (Å²) in [5.41, 5.74) is 2.10. The van der Waals surface area contributed by atoms with E-state index in [9.17, 15) is 4.79 Å². The quantitative estimate of drug-likeness (QED) is 0.404. The molecule has 0 unspecified atom stereocenters. The van der Waals surface area contributed by atoms with E-state index in [1.54, 1.807) is 19.4 Å². The minimum absolute atomic E-state index is 0.0377. The number of fused-ring (bicyclic) bond motifs is 1. The molecule has 1 saturated carbocycles. The predicted molar refractivity (Wildman–Crippen MR) is 147 cm³/mol. The highest BCUT2D eigenvalue weighted by Gasteiger charge is 2.28. The summed E-state index contributed by atoms with van der Waals surface area (Å²) < 4.78 is 11.5. The summed E-state index contributed by atoms with van der Waals surface area (Å²) in [5.74, 6) is 2.18. The zero-order valence-electron chi connectivity index (χ0n) is 22.9. The van der Waals surface area contributed by atoms with Crippen LogP contribution in [-0.4, -0.2) is 88.4 Å². The Labute approximate surface area is 228 Å². The third-order valence-electron chi connectivity index (χ3n) is 8.05. The summed E-state index contributed by atoms with van der Waals surface area (Å²) in [5, 5.41) is 11.8. The fourth-order valence-corrected chi connectivity index (χ4v) is 5.72. The molecule has 3 fully saturated rings. The lowest BCUT2D eigenvalue weighted by Crippen LogP contribution is -2.41. The van der Waals surface area contributed by atoms with Gasteiger partial charge in [0.25, 0.3) is 5.91 Å². The summed E-state index contributed by atoms with van der Waals surface area (Å²) in [6.45, 7) is 7.27. The third kappa shape index (κ3) is 5.93. The number of methoxy groups -OCH3 is 1. The number of hydrogen-bond acceptors (Lipinski definition) is 9. The van der Waals surface area contributed by atoms with Crippen molar-refractivity contribution in [1.29, 1.82) is 0 Å². The van der Waals surface area contributed by atoms with Gasteiger partial charge in [0.1, 0.15) is 17.3 Å². The van der Waals surface area contributed by atoms with Crippen LogP contribution < -0.4 is 19.7 Å². The second-order valence-electron chi connectivity index (χ2n) is 11.1. The van der Waals surface area contributed by atoms with Crippen LogP contribution in [0, 0.1) is 5.92 Å². The monoisotopic (exact) mass is 534 g/mol. The number of aromatic nitrogens is 5. The first-order valence-electron chi connectivity index (χ1n) is 14.2. The fraction of sp³-hybridized carbons (Fsp3) is 0.607. The highest BCUT2D eigenvalue weighted by molar-refractivity contribution is 5.93. The first-order chi connectivity index (χ1) is 19.1. The fourth-order valence-electron chi connectivity index (χ4n) is 5.72. The van der Waals surface area contributed by atoms with Crippen molar-refractivity contribution in [3.8, 4) is 11.8 Å². The van der Waals surface area contributed by atoms with E-state index in [0.717, 1.165) is 73.9 Å². The van der Waals surface area contributed by atoms with Gasteiger partial charge in [-0.2, -0.15) is 15.1 Å². The summed E-state index contributed by atoms with van der Waals surface area (Å²) in [4.78, 5) is 31.5. The van der Waals surface area contributed by atoms with Crippen LogP contribution in [0.25, 0.3) is 11.0 Å². The van der Waals surface area contributed by atoms with Crippen molar-refractivity contribution in [3.63, 3.8) is 0 Å². The number of amides is 1. The first kappa shape index (κ1) is 25.8. The number of hydrogen-bond donors (Lipinski definition) is 2. The van der Waals surface area contributed by atoms with Crippen molar-refractivity contribution in [2.24, 2.45) is 5.92 Å². The Morgan fingerprint density at radius 2 is 1.95 bits per heavy atom. The molecule has 1 amide bonds. The number of nitrogens with one attached hydrogen (secondary N) is 2. The molecule has 39 heavy (non-hydrogen) atoms. The molecule has 11 heteroatoms. The van der Waals surface area contributed by atoms with E-state index in [1.807, 2.05) is 6.07 Å². The van der Waals surface area contributed by atoms with Gasteiger partial charge < -0.3 is 24.6 Å². The van der Waals surface area contributed by atoms with Crippen LogP contribution in [0.1, 0.15) is 67.5 Å². The smallest absolute Gasteiger partial charge is 0.319 e. The molecule has 2 aliphatic heterocycles. The lowest BCUT2D eigenvalue weighted by atomic mass is 9.92. The second kappa shape index (κ2) is 11.3. The number of rotatable bonds is 10. The van der Waals surface area contributed by atoms with Crippen molar-refractivity contribution >= 4 is 22.8 Å². The van der Waals surface area contributed by atoms with Crippen molar-refractivity contribution < 1.29 is 14.3 Å². The maximum absolute atomic E-state index is 13.2. The predicted octanol–water partition coefficient (Wildman–Crippen LogP) is 3.14. The van der Waals surface area contributed by atoms with Gasteiger partial charge in [0, 0.05) is 43.9 Å². The molecule has 6 rings (SSSR count). The Kier molecular flexibility index (Phi) is 7.49. The summed E-state index contributed by atoms with van der Waals surface area (Å²) >= 11 is 0. The van der Waals surface area contributed by atoms with E-state index in [0.29, 0.717) is 18.2 Å². The second-order valence-corrected chi connectivity index (χ2v) is 11.1. The Balaban J connectivity index is 1.16. The SMILES string of the molecule is COc1ccnc2[nH]nc(C3CCN(c4cc(C(=O)N[C@H](C)CN5CCCC5)nc(OCC5CC5)n4)CC3)c12. The number of pyridine rings is 1. The molecule has 2 saturated heterocycles. The summed E-state index contributed by atoms with van der Waals surface area (Å²) in [6, 6.07) is 4.00. The van der Waals surface area contributed by atoms with Gasteiger partial charge in [0.15, 0.2) is 5.65 Å². The van der Waals surface area contributed by atoms with E-state index in [2.05, 4.69) is 42.2 Å². The maximum Gasteiger partial charge on any atom is 0.319 e. The number of piperidine rings is 1. The van der Waals surface area contributed by atoms with Gasteiger partial charge in [0.05, 0.1) is 24.8 Å². The molecule has 208 valence electrons. The largest absolute Gasteiger partial charge is 0.496 e. The standard InChI is InChI=1S/C28H38N8O3/c1-18(16-35-11-3-4-12-35)30-27(37)21-15-23(32-28(31-21)39-17-19-5-6-19)36-13-8-20(9-14-36)25-24-22(38-2)7-10-29-26(24)34-33-25/h7,10,15,18-20H,3-6,8-9,11-14,16-17H2,1-2H3,(H,30,37)(H,29,33,34)/t18-/m1/s1. The van der Waals surface area contributed by atoms with Gasteiger partial charge in [-0.15, -0.1) is 0 Å². The molecule has 1 aliphatic carbocycles. The number of anilines is 1. The molecule has 3 aliphatic rings. The molecule has 3 aromatic rings. The lowest BCUT2D eigenvalue weighted by molar-refractivity contribution is 0.0925. The Hall–Kier alpha value is -3.47. The van der Waals surface area contributed by atoms with E-state index >= 15 is 0 Å². The van der Waals surface area contributed by atoms with Crippen molar-refractivity contribution in [1.82, 2.24) is 35.4 Å². The number of aromatic amines is 1. The minimum atomic E-state index is -0.181. The summed E-state index contributed by atoms with van der Waals surface area (Å²) in [6.07, 6.45) is 8.34. The van der Waals surface area contributed by atoms with Crippen LogP contribution in [0.4, 0.5) is 5.82 Å². The van der Waals surface area contributed by atoms with Crippen LogP contribution in [0.2, 0.25) is 0 Å². The van der Waals surface area contributed by atoms with Crippen molar-refractivity contribution in [3.05, 3.63) is 29.7 Å². The van der Waals surface area contributed by atoms with Crippen molar-refractivity contribution in [2.45, 2.75) is 57.4 Å². The van der Waals surface area contributed by atoms with E-state index in [-0.39, 0.29) is 23.9 Å². The topological polar surface area (TPSA) is 121 Å². The number of ether oxygens (including phenoxy) is 2. The molecule has 0 radical (unpaired) electrons. The summed E-state index contributed by atoms with van der Waals surface area (Å²) in [7, 11) is 1.67. The molecule has 0 aromatic carbocycles. The zero-order chi connectivity index (χ0) is 26.8. The van der Waals surface area contributed by atoms with Crippen LogP contribution in [0.3, 0.4) is 0 Å². The molecule has 2 N–H and O–H groups in total. The van der Waals surface area contributed by atoms with Crippen molar-refractivity contribution in [2.75, 3.05) is 51.3 Å². The first-order valence-corrected chi connectivity index (χ1v) is 14.2. The average molecular weight is 535 g/mol. The number of nitrogens with zero attached hydrogens (tertiary/aromatic N) is 6. The van der Waals surface area contributed by atoms with Gasteiger partial charge in [-0.3, -0.25) is 9.89 Å². The Bertz CT molecular complexity index is 1300. The van der Waals surface area contributed by atoms with E-state index in [1.165, 1.54) is 25.7 Å². The number of carbonyl (C=O) groups excluding carboxylic acids is 1. The van der Waals surface area contributed by atoms with Crippen LogP contribution in [-0.2, 0) is 0 Å². The number of carbonyl (C=O) groups is 1. The Morgan fingerprint density at radius 1 is 1.15 bits per heavy atom.